The first-order valence-corrected chi connectivity index (χ1v) is 7.51. The Labute approximate surface area is 138 Å². The van der Waals surface area contributed by atoms with Gasteiger partial charge in [0.05, 0.1) is 17.8 Å². The van der Waals surface area contributed by atoms with Crippen LogP contribution in [0.2, 0.25) is 0 Å². The second kappa shape index (κ2) is 6.70. The Kier molecular flexibility index (Phi) is 4.46. The largest absolute Gasteiger partial charge is 0.490 e. The molecule has 24 heavy (non-hydrogen) atoms. The van der Waals surface area contributed by atoms with Crippen molar-refractivity contribution in [3.05, 3.63) is 59.4 Å². The Bertz CT molecular complexity index is 790. The molecule has 0 spiro atoms. The van der Waals surface area contributed by atoms with Crippen LogP contribution in [-0.2, 0) is 9.53 Å². The van der Waals surface area contributed by atoms with Crippen LogP contribution < -0.4 is 9.64 Å². The molecule has 0 saturated heterocycles. The fourth-order valence-electron chi connectivity index (χ4n) is 2.49. The van der Waals surface area contributed by atoms with E-state index in [1.807, 2.05) is 25.1 Å². The molecule has 124 valence electrons. The Morgan fingerprint density at radius 3 is 2.88 bits per heavy atom. The molecule has 2 aromatic carbocycles. The van der Waals surface area contributed by atoms with Gasteiger partial charge in [-0.15, -0.1) is 0 Å². The van der Waals surface area contributed by atoms with E-state index in [-0.39, 0.29) is 11.5 Å². The molecular weight excluding hydrogens is 313 g/mol. The van der Waals surface area contributed by atoms with Crippen LogP contribution in [0, 0.1) is 12.7 Å². The summed E-state index contributed by atoms with van der Waals surface area (Å²) in [6.45, 7) is 2.26. The number of ether oxygens (including phenoxy) is 2. The summed E-state index contributed by atoms with van der Waals surface area (Å²) in [5, 5.41) is 0. The molecule has 6 heteroatoms. The molecule has 0 fully saturated rings. The molecular formula is C18H16FNO4. The molecule has 0 aliphatic carbocycles. The highest BCUT2D eigenvalue weighted by Gasteiger charge is 2.24. The number of aryl methyl sites for hydroxylation is 1. The number of hydrogen-bond donors (Lipinski definition) is 0. The van der Waals surface area contributed by atoms with Crippen molar-refractivity contribution >= 4 is 17.6 Å². The summed E-state index contributed by atoms with van der Waals surface area (Å²) in [5.41, 5.74) is 1.72. The number of esters is 1. The maximum absolute atomic E-state index is 13.1. The minimum absolute atomic E-state index is 0.0704. The number of rotatable bonds is 3. The van der Waals surface area contributed by atoms with Gasteiger partial charge in [0, 0.05) is 0 Å². The van der Waals surface area contributed by atoms with Crippen LogP contribution in [0.1, 0.15) is 15.9 Å². The van der Waals surface area contributed by atoms with E-state index in [0.717, 1.165) is 11.6 Å². The normalized spacial score (nSPS) is 13.0. The van der Waals surface area contributed by atoms with Gasteiger partial charge in [0.1, 0.15) is 18.2 Å². The quantitative estimate of drug-likeness (QED) is 0.813. The summed E-state index contributed by atoms with van der Waals surface area (Å²) in [7, 11) is 0. The Balaban J connectivity index is 1.68. The summed E-state index contributed by atoms with van der Waals surface area (Å²) in [5.74, 6) is -1.000. The highest BCUT2D eigenvalue weighted by Crippen LogP contribution is 2.32. The molecule has 0 unspecified atom stereocenters. The van der Waals surface area contributed by atoms with Crippen LogP contribution in [0.3, 0.4) is 0 Å². The molecule has 1 heterocycles. The van der Waals surface area contributed by atoms with Gasteiger partial charge in [0.25, 0.3) is 5.91 Å². The van der Waals surface area contributed by atoms with Crippen LogP contribution >= 0.6 is 0 Å². The molecule has 2 aromatic rings. The average molecular weight is 329 g/mol. The fraction of sp³-hybridized carbons (Fsp3) is 0.222. The van der Waals surface area contributed by atoms with Crippen molar-refractivity contribution in [1.29, 1.82) is 0 Å². The average Bonchev–Trinajstić information content (AvgIpc) is 2.58. The second-order valence-electron chi connectivity index (χ2n) is 5.45. The number of hydrogen-bond acceptors (Lipinski definition) is 4. The van der Waals surface area contributed by atoms with Gasteiger partial charge in [0.15, 0.2) is 6.61 Å². The lowest BCUT2D eigenvalue weighted by molar-refractivity contribution is -0.121. The Morgan fingerprint density at radius 1 is 1.25 bits per heavy atom. The molecule has 0 atom stereocenters. The van der Waals surface area contributed by atoms with Crippen LogP contribution in [0.25, 0.3) is 0 Å². The van der Waals surface area contributed by atoms with Gasteiger partial charge in [-0.3, -0.25) is 4.79 Å². The number of benzene rings is 2. The van der Waals surface area contributed by atoms with Gasteiger partial charge in [-0.25, -0.2) is 9.18 Å². The van der Waals surface area contributed by atoms with Crippen molar-refractivity contribution in [2.45, 2.75) is 6.92 Å². The number of carbonyl (C=O) groups is 2. The summed E-state index contributed by atoms with van der Waals surface area (Å²) in [6.07, 6.45) is 0. The van der Waals surface area contributed by atoms with Gasteiger partial charge in [-0.05, 0) is 42.8 Å². The Hall–Kier alpha value is -2.89. The van der Waals surface area contributed by atoms with Crippen molar-refractivity contribution in [1.82, 2.24) is 0 Å². The third kappa shape index (κ3) is 3.37. The molecule has 3 rings (SSSR count). The molecule has 1 amide bonds. The van der Waals surface area contributed by atoms with E-state index in [4.69, 9.17) is 9.47 Å². The lowest BCUT2D eigenvalue weighted by atomic mass is 10.1. The molecule has 0 radical (unpaired) electrons. The first kappa shape index (κ1) is 16.0. The first-order chi connectivity index (χ1) is 11.5. The first-order valence-electron chi connectivity index (χ1n) is 7.51. The molecule has 0 aromatic heterocycles. The number of carbonyl (C=O) groups excluding carboxylic acids is 2. The number of nitrogens with zero attached hydrogens (tertiary/aromatic N) is 1. The van der Waals surface area contributed by atoms with E-state index in [9.17, 15) is 14.0 Å². The van der Waals surface area contributed by atoms with Gasteiger partial charge in [0.2, 0.25) is 0 Å². The summed E-state index contributed by atoms with van der Waals surface area (Å²) in [6, 6.07) is 10.7. The zero-order valence-electron chi connectivity index (χ0n) is 13.1. The van der Waals surface area contributed by atoms with Crippen molar-refractivity contribution in [3.8, 4) is 5.75 Å². The summed E-state index contributed by atoms with van der Waals surface area (Å²) < 4.78 is 23.7. The maximum atomic E-state index is 13.1. The van der Waals surface area contributed by atoms with Gasteiger partial charge in [-0.1, -0.05) is 12.1 Å². The lowest BCUT2D eigenvalue weighted by Gasteiger charge is -2.29. The zero-order valence-corrected chi connectivity index (χ0v) is 13.1. The molecule has 1 aliphatic heterocycles. The van der Waals surface area contributed by atoms with E-state index in [1.165, 1.54) is 23.1 Å². The van der Waals surface area contributed by atoms with E-state index in [0.29, 0.717) is 24.6 Å². The predicted octanol–water partition coefficient (Wildman–Crippen LogP) is 2.72. The van der Waals surface area contributed by atoms with Crippen molar-refractivity contribution < 1.29 is 23.5 Å². The lowest BCUT2D eigenvalue weighted by Crippen LogP contribution is -2.40. The molecule has 0 saturated carbocycles. The van der Waals surface area contributed by atoms with Crippen LogP contribution in [0.4, 0.5) is 10.1 Å². The molecule has 0 bridgehead atoms. The van der Waals surface area contributed by atoms with Crippen molar-refractivity contribution in [2.24, 2.45) is 0 Å². The minimum atomic E-state index is -0.736. The fourth-order valence-corrected chi connectivity index (χ4v) is 2.49. The second-order valence-corrected chi connectivity index (χ2v) is 5.45. The standard InChI is InChI=1S/C18H16FNO4/c1-12-5-6-16-15(9-12)20(7-8-23-16)17(21)11-24-18(22)13-3-2-4-14(19)10-13/h2-6,9-10H,7-8,11H2,1H3. The highest BCUT2D eigenvalue weighted by atomic mass is 19.1. The highest BCUT2D eigenvalue weighted by molar-refractivity contribution is 5.98. The van der Waals surface area contributed by atoms with Gasteiger partial charge >= 0.3 is 5.97 Å². The van der Waals surface area contributed by atoms with Crippen molar-refractivity contribution in [2.75, 3.05) is 24.7 Å². The van der Waals surface area contributed by atoms with Gasteiger partial charge in [-0.2, -0.15) is 0 Å². The van der Waals surface area contributed by atoms with E-state index >= 15 is 0 Å². The zero-order chi connectivity index (χ0) is 17.1. The third-order valence-corrected chi connectivity index (χ3v) is 3.67. The number of fused-ring (bicyclic) bond motifs is 1. The van der Waals surface area contributed by atoms with Crippen LogP contribution in [0.5, 0.6) is 5.75 Å². The molecule has 0 N–H and O–H groups in total. The van der Waals surface area contributed by atoms with Crippen LogP contribution in [-0.4, -0.2) is 31.6 Å². The molecule has 5 nitrogen and oxygen atoms in total. The van der Waals surface area contributed by atoms with E-state index in [2.05, 4.69) is 0 Å². The van der Waals surface area contributed by atoms with Crippen LogP contribution in [0.15, 0.2) is 42.5 Å². The predicted molar refractivity (Wildman–Crippen MR) is 85.7 cm³/mol. The van der Waals surface area contributed by atoms with Gasteiger partial charge < -0.3 is 14.4 Å². The monoisotopic (exact) mass is 329 g/mol. The number of anilines is 1. The number of amides is 1. The third-order valence-electron chi connectivity index (χ3n) is 3.67. The molecule has 1 aliphatic rings. The van der Waals surface area contributed by atoms with E-state index < -0.39 is 18.4 Å². The number of halogens is 1. The maximum Gasteiger partial charge on any atom is 0.338 e. The smallest absolute Gasteiger partial charge is 0.338 e. The van der Waals surface area contributed by atoms with E-state index in [1.54, 1.807) is 0 Å². The summed E-state index contributed by atoms with van der Waals surface area (Å²) in [4.78, 5) is 25.8. The SMILES string of the molecule is Cc1ccc2c(c1)N(C(=O)COC(=O)c1cccc(F)c1)CCO2. The van der Waals surface area contributed by atoms with Crippen molar-refractivity contribution in [3.63, 3.8) is 0 Å². The topological polar surface area (TPSA) is 55.8 Å². The minimum Gasteiger partial charge on any atom is -0.490 e. The summed E-state index contributed by atoms with van der Waals surface area (Å²) >= 11 is 0. The Morgan fingerprint density at radius 2 is 2.08 bits per heavy atom.